The van der Waals surface area contributed by atoms with Gasteiger partial charge in [0.1, 0.15) is 17.8 Å². The van der Waals surface area contributed by atoms with E-state index in [4.69, 9.17) is 4.98 Å². The van der Waals surface area contributed by atoms with Gasteiger partial charge in [0.2, 0.25) is 5.95 Å². The molecule has 2 N–H and O–H groups in total. The standard InChI is InChI=1S/C24H27FN8O/c1-2-19-22-31-27-13-32(22)20-12-26-24(30-21(20)33(19)16-5-3-4-6-16)29-18-10-7-14(11-17(18)25)23(34)28-15-8-9-15/h7,10-13,15-16,19H,2-6,8-9H2,1H3,(H,28,34)(H,26,29,30)/t19-/m1/s1. The van der Waals surface area contributed by atoms with Gasteiger partial charge in [0.15, 0.2) is 11.6 Å². The molecule has 0 bridgehead atoms. The second-order valence-corrected chi connectivity index (χ2v) is 9.30. The van der Waals surface area contributed by atoms with Crippen LogP contribution in [0.2, 0.25) is 0 Å². The van der Waals surface area contributed by atoms with E-state index < -0.39 is 5.82 Å². The molecule has 9 nitrogen and oxygen atoms in total. The summed E-state index contributed by atoms with van der Waals surface area (Å²) in [6, 6.07) is 5.09. The number of benzene rings is 1. The fourth-order valence-corrected chi connectivity index (χ4v) is 5.08. The molecule has 34 heavy (non-hydrogen) atoms. The number of fused-ring (bicyclic) bond motifs is 3. The Morgan fingerprint density at radius 2 is 2.03 bits per heavy atom. The maximum absolute atomic E-state index is 14.9. The summed E-state index contributed by atoms with van der Waals surface area (Å²) >= 11 is 0. The molecule has 2 saturated carbocycles. The second-order valence-electron chi connectivity index (χ2n) is 9.30. The number of hydrogen-bond acceptors (Lipinski definition) is 7. The van der Waals surface area contributed by atoms with Crippen LogP contribution in [-0.2, 0) is 0 Å². The molecule has 3 aliphatic rings. The third-order valence-corrected chi connectivity index (χ3v) is 6.96. The first-order chi connectivity index (χ1) is 16.6. The normalized spacial score (nSPS) is 19.6. The Morgan fingerprint density at radius 3 is 2.76 bits per heavy atom. The highest BCUT2D eigenvalue weighted by molar-refractivity contribution is 5.95. The molecule has 176 valence electrons. The molecule has 2 aliphatic carbocycles. The van der Waals surface area contributed by atoms with Crippen LogP contribution in [0.1, 0.15) is 74.1 Å². The van der Waals surface area contributed by atoms with E-state index >= 15 is 0 Å². The predicted octanol–water partition coefficient (Wildman–Crippen LogP) is 4.05. The van der Waals surface area contributed by atoms with E-state index in [9.17, 15) is 9.18 Å². The van der Waals surface area contributed by atoms with Crippen LogP contribution in [0.15, 0.2) is 30.7 Å². The van der Waals surface area contributed by atoms with Crippen LogP contribution in [0.3, 0.4) is 0 Å². The largest absolute Gasteiger partial charge is 0.349 e. The number of rotatable bonds is 6. The number of nitrogens with one attached hydrogen (secondary N) is 2. The summed E-state index contributed by atoms with van der Waals surface area (Å²) in [5, 5.41) is 14.4. The number of carbonyl (C=O) groups is 1. The van der Waals surface area contributed by atoms with E-state index in [2.05, 4.69) is 37.6 Å². The summed E-state index contributed by atoms with van der Waals surface area (Å²) in [5.74, 6) is 1.24. The summed E-state index contributed by atoms with van der Waals surface area (Å²) in [6.07, 6.45) is 10.9. The van der Waals surface area contributed by atoms with Gasteiger partial charge in [-0.3, -0.25) is 9.36 Å². The molecule has 6 rings (SSSR count). The van der Waals surface area contributed by atoms with Crippen LogP contribution < -0.4 is 15.5 Å². The lowest BCUT2D eigenvalue weighted by Crippen LogP contribution is -2.42. The molecular formula is C24H27FN8O. The molecule has 1 aromatic carbocycles. The fraction of sp³-hybridized carbons (Fsp3) is 0.458. The molecule has 0 unspecified atom stereocenters. The number of nitrogens with zero attached hydrogens (tertiary/aromatic N) is 6. The Morgan fingerprint density at radius 1 is 1.21 bits per heavy atom. The minimum absolute atomic E-state index is 0.0712. The third kappa shape index (κ3) is 3.66. The van der Waals surface area contributed by atoms with E-state index in [1.807, 2.05) is 4.57 Å². The van der Waals surface area contributed by atoms with Crippen molar-refractivity contribution in [1.29, 1.82) is 0 Å². The second kappa shape index (κ2) is 8.34. The van der Waals surface area contributed by atoms with E-state index in [1.165, 1.54) is 18.9 Å². The van der Waals surface area contributed by atoms with Crippen molar-refractivity contribution < 1.29 is 9.18 Å². The lowest BCUT2D eigenvalue weighted by molar-refractivity contribution is 0.0950. The van der Waals surface area contributed by atoms with E-state index in [0.29, 0.717) is 17.6 Å². The van der Waals surface area contributed by atoms with Crippen molar-refractivity contribution in [1.82, 2.24) is 30.0 Å². The monoisotopic (exact) mass is 462 g/mol. The van der Waals surface area contributed by atoms with Crippen molar-refractivity contribution >= 4 is 23.4 Å². The number of halogens is 1. The zero-order chi connectivity index (χ0) is 23.2. The molecule has 10 heteroatoms. The molecule has 0 radical (unpaired) electrons. The van der Waals surface area contributed by atoms with E-state index in [-0.39, 0.29) is 23.7 Å². The Hall–Kier alpha value is -3.56. The predicted molar refractivity (Wildman–Crippen MR) is 125 cm³/mol. The molecule has 1 aliphatic heterocycles. The van der Waals surface area contributed by atoms with Gasteiger partial charge in [0, 0.05) is 17.6 Å². The van der Waals surface area contributed by atoms with E-state index in [0.717, 1.165) is 49.4 Å². The van der Waals surface area contributed by atoms with Gasteiger partial charge < -0.3 is 15.5 Å². The van der Waals surface area contributed by atoms with Gasteiger partial charge in [-0.2, -0.15) is 4.98 Å². The van der Waals surface area contributed by atoms with Crippen LogP contribution in [0.25, 0.3) is 5.69 Å². The van der Waals surface area contributed by atoms with Gasteiger partial charge in [-0.05, 0) is 50.3 Å². The lowest BCUT2D eigenvalue weighted by atomic mass is 10.0. The summed E-state index contributed by atoms with van der Waals surface area (Å²) < 4.78 is 16.8. The van der Waals surface area contributed by atoms with Gasteiger partial charge >= 0.3 is 0 Å². The van der Waals surface area contributed by atoms with Gasteiger partial charge in [0.05, 0.1) is 17.9 Å². The number of anilines is 3. The van der Waals surface area contributed by atoms with Crippen molar-refractivity contribution in [3.63, 3.8) is 0 Å². The van der Waals surface area contributed by atoms with Crippen LogP contribution in [0.4, 0.5) is 21.8 Å². The summed E-state index contributed by atoms with van der Waals surface area (Å²) in [6.45, 7) is 2.15. The topological polar surface area (TPSA) is 101 Å². The molecule has 2 aromatic heterocycles. The first-order valence-corrected chi connectivity index (χ1v) is 12.1. The Labute approximate surface area is 196 Å². The average Bonchev–Trinajstić information content (AvgIpc) is 3.28. The maximum atomic E-state index is 14.9. The Balaban J connectivity index is 1.32. The first-order valence-electron chi connectivity index (χ1n) is 12.1. The SMILES string of the molecule is CC[C@@H]1c2nncn2-c2cnc(Nc3ccc(C(=O)NC4CC4)cc3F)nc2N1C1CCCC1. The maximum Gasteiger partial charge on any atom is 0.251 e. The van der Waals surface area contributed by atoms with E-state index in [1.54, 1.807) is 24.7 Å². The summed E-state index contributed by atoms with van der Waals surface area (Å²) in [7, 11) is 0. The van der Waals surface area contributed by atoms with Crippen molar-refractivity contribution in [3.05, 3.63) is 47.9 Å². The highest BCUT2D eigenvalue weighted by Crippen LogP contribution is 2.42. The number of aromatic nitrogens is 5. The summed E-state index contributed by atoms with van der Waals surface area (Å²) in [4.78, 5) is 23.9. The molecular weight excluding hydrogens is 435 g/mol. The quantitative estimate of drug-likeness (QED) is 0.570. The van der Waals surface area contributed by atoms with Gasteiger partial charge in [0.25, 0.3) is 5.91 Å². The van der Waals surface area contributed by atoms with Crippen molar-refractivity contribution in [2.24, 2.45) is 0 Å². The van der Waals surface area contributed by atoms with Crippen molar-refractivity contribution in [3.8, 4) is 5.69 Å². The van der Waals surface area contributed by atoms with Gasteiger partial charge in [-0.15, -0.1) is 10.2 Å². The zero-order valence-corrected chi connectivity index (χ0v) is 19.0. The molecule has 0 spiro atoms. The van der Waals surface area contributed by atoms with Crippen LogP contribution >= 0.6 is 0 Å². The third-order valence-electron chi connectivity index (χ3n) is 6.96. The molecule has 3 heterocycles. The number of hydrogen-bond donors (Lipinski definition) is 2. The molecule has 1 amide bonds. The van der Waals surface area contributed by atoms with Crippen molar-refractivity contribution in [2.75, 3.05) is 10.2 Å². The molecule has 0 saturated heterocycles. The molecule has 2 fully saturated rings. The average molecular weight is 463 g/mol. The van der Waals surface area contributed by atoms with Crippen LogP contribution in [0.5, 0.6) is 0 Å². The lowest BCUT2D eigenvalue weighted by Gasteiger charge is -2.40. The minimum Gasteiger partial charge on any atom is -0.349 e. The van der Waals surface area contributed by atoms with Crippen LogP contribution in [0, 0.1) is 5.82 Å². The van der Waals surface area contributed by atoms with Gasteiger partial charge in [-0.25, -0.2) is 9.37 Å². The Kier molecular flexibility index (Phi) is 5.15. The molecule has 3 aromatic rings. The number of amides is 1. The number of carbonyl (C=O) groups excluding carboxylic acids is 1. The van der Waals surface area contributed by atoms with Crippen molar-refractivity contribution in [2.45, 2.75) is 70.0 Å². The highest BCUT2D eigenvalue weighted by atomic mass is 19.1. The molecule has 1 atom stereocenters. The van der Waals surface area contributed by atoms with Gasteiger partial charge in [-0.1, -0.05) is 19.8 Å². The zero-order valence-electron chi connectivity index (χ0n) is 19.0. The smallest absolute Gasteiger partial charge is 0.251 e. The minimum atomic E-state index is -0.523. The fourth-order valence-electron chi connectivity index (χ4n) is 5.08. The Bertz CT molecular complexity index is 1230. The van der Waals surface area contributed by atoms with Crippen LogP contribution in [-0.4, -0.2) is 42.7 Å². The highest BCUT2D eigenvalue weighted by Gasteiger charge is 2.38. The summed E-state index contributed by atoms with van der Waals surface area (Å²) in [5.41, 5.74) is 1.36. The first kappa shape index (κ1) is 21.0.